The van der Waals surface area contributed by atoms with Gasteiger partial charge in [0.05, 0.1) is 4.90 Å². The second kappa shape index (κ2) is 9.31. The minimum absolute atomic E-state index is 0.0666. The van der Waals surface area contributed by atoms with Gasteiger partial charge in [-0.3, -0.25) is 14.1 Å². The van der Waals surface area contributed by atoms with Crippen molar-refractivity contribution in [3.8, 4) is 0 Å². The van der Waals surface area contributed by atoms with E-state index in [2.05, 4.69) is 0 Å². The number of carboxylic acid groups (broad SMARTS) is 2. The van der Waals surface area contributed by atoms with E-state index >= 15 is 0 Å². The number of rotatable bonds is 1. The maximum absolute atomic E-state index is 10.5. The molecule has 0 aliphatic rings. The van der Waals surface area contributed by atoms with Crippen molar-refractivity contribution in [1.82, 2.24) is 0 Å². The van der Waals surface area contributed by atoms with Gasteiger partial charge in [-0.05, 0) is 19.1 Å². The molecular formula is C9H12O7S. The summed E-state index contributed by atoms with van der Waals surface area (Å²) < 4.78 is 29.6. The van der Waals surface area contributed by atoms with Crippen LogP contribution < -0.4 is 0 Å². The summed E-state index contributed by atoms with van der Waals surface area (Å²) in [5.41, 5.74) is 0.956. The van der Waals surface area contributed by atoms with Crippen molar-refractivity contribution in [2.24, 2.45) is 0 Å². The Morgan fingerprint density at radius 3 is 1.53 bits per heavy atom. The van der Waals surface area contributed by atoms with Crippen LogP contribution in [0.4, 0.5) is 0 Å². The number of carbonyl (C=O) groups is 2. The molecule has 1 rings (SSSR count). The summed E-state index contributed by atoms with van der Waals surface area (Å²) in [5.74, 6) is 0. The molecule has 0 bridgehead atoms. The van der Waals surface area contributed by atoms with Gasteiger partial charge >= 0.3 is 0 Å². The van der Waals surface area contributed by atoms with Crippen LogP contribution in [0.5, 0.6) is 0 Å². The van der Waals surface area contributed by atoms with Crippen LogP contribution in [0.2, 0.25) is 0 Å². The maximum atomic E-state index is 10.5. The maximum Gasteiger partial charge on any atom is 0.294 e. The summed E-state index contributed by atoms with van der Waals surface area (Å²) in [6.45, 7) is 1.34. The highest BCUT2D eigenvalue weighted by Gasteiger charge is 2.06. The third-order valence-electron chi connectivity index (χ3n) is 1.32. The molecule has 0 aromatic heterocycles. The van der Waals surface area contributed by atoms with E-state index in [-0.39, 0.29) is 17.8 Å². The average Bonchev–Trinajstić information content (AvgIpc) is 2.19. The standard InChI is InChI=1S/C7H8O3S.2CH2O2/c1-6-2-4-7(5-3-6)11(8,9)10;2*2-1-3/h2-5H,1H3,(H,8,9,10);2*1H,(H,2,3). The van der Waals surface area contributed by atoms with Gasteiger partial charge in [-0.2, -0.15) is 8.42 Å². The van der Waals surface area contributed by atoms with E-state index in [4.69, 9.17) is 24.4 Å². The van der Waals surface area contributed by atoms with Gasteiger partial charge in [0.1, 0.15) is 0 Å². The first-order valence-corrected chi connectivity index (χ1v) is 5.47. The summed E-state index contributed by atoms with van der Waals surface area (Å²) in [7, 11) is -4.02. The molecule has 0 aliphatic heterocycles. The molecule has 7 nitrogen and oxygen atoms in total. The second-order valence-corrected chi connectivity index (χ2v) is 3.92. The molecule has 0 saturated carbocycles. The highest BCUT2D eigenvalue weighted by Crippen LogP contribution is 2.08. The Hall–Kier alpha value is -1.93. The Morgan fingerprint density at radius 1 is 1.00 bits per heavy atom. The zero-order chi connectivity index (χ0) is 13.9. The van der Waals surface area contributed by atoms with Gasteiger partial charge in [0, 0.05) is 0 Å². The van der Waals surface area contributed by atoms with E-state index in [1.165, 1.54) is 12.1 Å². The molecule has 96 valence electrons. The van der Waals surface area contributed by atoms with Crippen LogP contribution >= 0.6 is 0 Å². The second-order valence-electron chi connectivity index (χ2n) is 2.50. The topological polar surface area (TPSA) is 129 Å². The molecule has 1 aromatic rings. The molecule has 0 radical (unpaired) electrons. The summed E-state index contributed by atoms with van der Waals surface area (Å²) in [4.78, 5) is 16.7. The Balaban J connectivity index is 0. The van der Waals surface area contributed by atoms with E-state index in [9.17, 15) is 8.42 Å². The molecule has 0 saturated heterocycles. The minimum Gasteiger partial charge on any atom is -0.483 e. The Labute approximate surface area is 98.1 Å². The number of aryl methyl sites for hydroxylation is 1. The van der Waals surface area contributed by atoms with Crippen LogP contribution in [0.25, 0.3) is 0 Å². The first kappa shape index (κ1) is 17.5. The largest absolute Gasteiger partial charge is 0.483 e. The van der Waals surface area contributed by atoms with Gasteiger partial charge in [0.25, 0.3) is 23.1 Å². The third kappa shape index (κ3) is 10.4. The Morgan fingerprint density at radius 2 is 1.29 bits per heavy atom. The molecule has 0 unspecified atom stereocenters. The molecule has 8 heteroatoms. The number of hydrogen-bond acceptors (Lipinski definition) is 4. The summed E-state index contributed by atoms with van der Waals surface area (Å²) in [6, 6.07) is 5.99. The number of benzene rings is 1. The van der Waals surface area contributed by atoms with E-state index in [0.717, 1.165) is 5.56 Å². The minimum atomic E-state index is -4.02. The lowest BCUT2D eigenvalue weighted by Gasteiger charge is -1.95. The van der Waals surface area contributed by atoms with Gasteiger partial charge in [-0.15, -0.1) is 0 Å². The van der Waals surface area contributed by atoms with Crippen LogP contribution in [0, 0.1) is 6.92 Å². The van der Waals surface area contributed by atoms with Gasteiger partial charge in [0.15, 0.2) is 0 Å². The normalized spacial score (nSPS) is 8.82. The SMILES string of the molecule is Cc1ccc(S(=O)(=O)O)cc1.O=CO.O=CO. The Bertz CT molecular complexity index is 415. The first-order valence-electron chi connectivity index (χ1n) is 4.03. The van der Waals surface area contributed by atoms with Crippen molar-refractivity contribution in [2.75, 3.05) is 0 Å². The van der Waals surface area contributed by atoms with Crippen LogP contribution in [-0.4, -0.2) is 36.1 Å². The fraction of sp³-hybridized carbons (Fsp3) is 0.111. The smallest absolute Gasteiger partial charge is 0.294 e. The first-order chi connectivity index (χ1) is 7.83. The van der Waals surface area contributed by atoms with Crippen molar-refractivity contribution < 1.29 is 32.8 Å². The molecule has 17 heavy (non-hydrogen) atoms. The lowest BCUT2D eigenvalue weighted by molar-refractivity contribution is -0.123. The quantitative estimate of drug-likeness (QED) is 0.501. The van der Waals surface area contributed by atoms with Crippen molar-refractivity contribution >= 4 is 23.1 Å². The van der Waals surface area contributed by atoms with Gasteiger partial charge in [-0.1, -0.05) is 17.7 Å². The molecule has 0 fully saturated rings. The average molecular weight is 264 g/mol. The third-order valence-corrected chi connectivity index (χ3v) is 2.19. The molecule has 0 heterocycles. The zero-order valence-electron chi connectivity index (χ0n) is 8.85. The molecule has 0 atom stereocenters. The lowest BCUT2D eigenvalue weighted by atomic mass is 10.2. The molecule has 0 amide bonds. The van der Waals surface area contributed by atoms with Gasteiger partial charge in [-0.25, -0.2) is 0 Å². The van der Waals surface area contributed by atoms with Crippen molar-refractivity contribution in [2.45, 2.75) is 11.8 Å². The van der Waals surface area contributed by atoms with Crippen LogP contribution in [-0.2, 0) is 19.7 Å². The molecule has 0 aliphatic carbocycles. The van der Waals surface area contributed by atoms with Crippen molar-refractivity contribution in [1.29, 1.82) is 0 Å². The van der Waals surface area contributed by atoms with Crippen LogP contribution in [0.15, 0.2) is 29.2 Å². The van der Waals surface area contributed by atoms with Crippen molar-refractivity contribution in [3.63, 3.8) is 0 Å². The summed E-state index contributed by atoms with van der Waals surface area (Å²) in [5, 5.41) is 13.8. The zero-order valence-corrected chi connectivity index (χ0v) is 9.66. The summed E-state index contributed by atoms with van der Waals surface area (Å²) in [6.07, 6.45) is 0. The van der Waals surface area contributed by atoms with E-state index < -0.39 is 10.1 Å². The molecular weight excluding hydrogens is 252 g/mol. The molecule has 3 N–H and O–H groups in total. The lowest BCUT2D eigenvalue weighted by Crippen LogP contribution is -1.96. The fourth-order valence-electron chi connectivity index (χ4n) is 0.710. The molecule has 0 spiro atoms. The van der Waals surface area contributed by atoms with Crippen LogP contribution in [0.3, 0.4) is 0 Å². The van der Waals surface area contributed by atoms with Gasteiger partial charge in [0.2, 0.25) is 0 Å². The van der Waals surface area contributed by atoms with E-state index in [0.29, 0.717) is 0 Å². The highest BCUT2D eigenvalue weighted by molar-refractivity contribution is 7.85. The predicted molar refractivity (Wildman–Crippen MR) is 58.4 cm³/mol. The van der Waals surface area contributed by atoms with Crippen LogP contribution in [0.1, 0.15) is 5.56 Å². The molecule has 1 aromatic carbocycles. The number of hydrogen-bond donors (Lipinski definition) is 3. The summed E-state index contributed by atoms with van der Waals surface area (Å²) >= 11 is 0. The highest BCUT2D eigenvalue weighted by atomic mass is 32.2. The van der Waals surface area contributed by atoms with Crippen molar-refractivity contribution in [3.05, 3.63) is 29.8 Å². The Kier molecular flexibility index (Phi) is 9.56. The van der Waals surface area contributed by atoms with Gasteiger partial charge < -0.3 is 10.2 Å². The van der Waals surface area contributed by atoms with E-state index in [1.54, 1.807) is 12.1 Å². The predicted octanol–water partition coefficient (Wildman–Crippen LogP) is 0.643. The monoisotopic (exact) mass is 264 g/mol. The fourth-order valence-corrected chi connectivity index (χ4v) is 1.19. The van der Waals surface area contributed by atoms with E-state index in [1.807, 2.05) is 6.92 Å².